The van der Waals surface area contributed by atoms with Gasteiger partial charge < -0.3 is 50.5 Å². The van der Waals surface area contributed by atoms with Crippen molar-refractivity contribution in [2.75, 3.05) is 13.2 Å². The van der Waals surface area contributed by atoms with Crippen LogP contribution in [0.1, 0.15) is 226 Å². The number of ether oxygens (including phenoxy) is 2. The maximum absolute atomic E-state index is 13.1. The Morgan fingerprint density at radius 3 is 1.40 bits per heavy atom. The van der Waals surface area contributed by atoms with Crippen LogP contribution in [0.25, 0.3) is 0 Å². The second-order valence-electron chi connectivity index (χ2n) is 17.9. The molecule has 1 fully saturated rings. The van der Waals surface area contributed by atoms with Crippen molar-refractivity contribution < 1.29 is 50.0 Å². The summed E-state index contributed by atoms with van der Waals surface area (Å²) in [5, 5.41) is 75.8. The number of aliphatic hydroxyl groups excluding tert-OH is 7. The first-order valence-corrected chi connectivity index (χ1v) is 25.1. The third kappa shape index (κ3) is 28.5. The lowest BCUT2D eigenvalue weighted by molar-refractivity contribution is -0.303. The number of hydrogen-bond donors (Lipinski definition) is 8. The number of amides is 1. The summed E-state index contributed by atoms with van der Waals surface area (Å²) in [7, 11) is 0. The molecule has 9 unspecified atom stereocenters. The first kappa shape index (κ1) is 56.9. The van der Waals surface area contributed by atoms with Gasteiger partial charge in [-0.15, -0.1) is 0 Å². The Morgan fingerprint density at radius 2 is 0.967 bits per heavy atom. The minimum absolute atomic E-state index is 0.255. The molecule has 1 amide bonds. The lowest BCUT2D eigenvalue weighted by atomic mass is 9.98. The highest BCUT2D eigenvalue weighted by molar-refractivity contribution is 5.80. The fraction of sp³-hybridized carbons (Fsp3) is 0.939. The molecule has 1 aliphatic rings. The predicted octanol–water partition coefficient (Wildman–Crippen LogP) is 8.84. The summed E-state index contributed by atoms with van der Waals surface area (Å²) >= 11 is 0. The van der Waals surface area contributed by atoms with Crippen LogP contribution in [0.3, 0.4) is 0 Å². The standard InChI is InChI=1S/C49H95NO10/c1-3-5-7-9-11-13-15-17-19-20-21-23-25-27-29-31-33-35-37-42(53)48(58)50-40(39-59-49-47(57)46(56)45(55)43(38-51)60-49)44(54)41(52)36-34-32-30-28-26-24-22-18-16-14-12-10-8-6-4-2/h20-21,40-47,49,51-57H,3-19,22-39H2,1-2H3,(H,50,58)/b21-20-. The van der Waals surface area contributed by atoms with Gasteiger partial charge in [-0.1, -0.05) is 199 Å². The molecule has 0 radical (unpaired) electrons. The van der Waals surface area contributed by atoms with Gasteiger partial charge >= 0.3 is 0 Å². The van der Waals surface area contributed by atoms with Gasteiger partial charge in [-0.3, -0.25) is 4.79 Å². The summed E-state index contributed by atoms with van der Waals surface area (Å²) in [5.74, 6) is -0.700. The van der Waals surface area contributed by atoms with E-state index < -0.39 is 74.2 Å². The highest BCUT2D eigenvalue weighted by Crippen LogP contribution is 2.23. The van der Waals surface area contributed by atoms with Crippen molar-refractivity contribution in [2.24, 2.45) is 0 Å². The fourth-order valence-electron chi connectivity index (χ4n) is 8.14. The molecule has 60 heavy (non-hydrogen) atoms. The first-order chi connectivity index (χ1) is 29.2. The molecular weight excluding hydrogens is 763 g/mol. The maximum atomic E-state index is 13.1. The molecule has 0 spiro atoms. The van der Waals surface area contributed by atoms with Gasteiger partial charge in [0.05, 0.1) is 25.4 Å². The zero-order valence-corrected chi connectivity index (χ0v) is 38.5. The van der Waals surface area contributed by atoms with E-state index in [4.69, 9.17) is 9.47 Å². The zero-order valence-electron chi connectivity index (χ0n) is 38.5. The van der Waals surface area contributed by atoms with E-state index in [0.717, 1.165) is 51.4 Å². The van der Waals surface area contributed by atoms with Crippen LogP contribution in [0.5, 0.6) is 0 Å². The van der Waals surface area contributed by atoms with Crippen LogP contribution < -0.4 is 5.32 Å². The molecule has 1 saturated heterocycles. The summed E-state index contributed by atoms with van der Waals surface area (Å²) in [6.45, 7) is 3.45. The van der Waals surface area contributed by atoms with Crippen molar-refractivity contribution in [3.63, 3.8) is 0 Å². The molecular formula is C49H95NO10. The highest BCUT2D eigenvalue weighted by Gasteiger charge is 2.44. The Hall–Kier alpha value is -1.15. The van der Waals surface area contributed by atoms with Gasteiger partial charge in [-0.2, -0.15) is 0 Å². The summed E-state index contributed by atoms with van der Waals surface area (Å²) < 4.78 is 11.1. The van der Waals surface area contributed by atoms with E-state index in [0.29, 0.717) is 19.3 Å². The molecule has 1 heterocycles. The Morgan fingerprint density at radius 1 is 0.567 bits per heavy atom. The van der Waals surface area contributed by atoms with Crippen molar-refractivity contribution >= 4 is 5.91 Å². The molecule has 11 heteroatoms. The van der Waals surface area contributed by atoms with Crippen molar-refractivity contribution in [1.82, 2.24) is 5.32 Å². The minimum Gasteiger partial charge on any atom is -0.394 e. The number of aliphatic hydroxyl groups is 7. The largest absolute Gasteiger partial charge is 0.394 e. The fourth-order valence-corrected chi connectivity index (χ4v) is 8.14. The molecule has 1 rings (SSSR count). The van der Waals surface area contributed by atoms with E-state index in [9.17, 15) is 40.5 Å². The molecule has 0 aromatic carbocycles. The average Bonchev–Trinajstić information content (AvgIpc) is 3.25. The van der Waals surface area contributed by atoms with E-state index in [1.54, 1.807) is 0 Å². The molecule has 9 atom stereocenters. The van der Waals surface area contributed by atoms with Gasteiger partial charge in [0.2, 0.25) is 5.91 Å². The maximum Gasteiger partial charge on any atom is 0.249 e. The van der Waals surface area contributed by atoms with Gasteiger partial charge in [0.25, 0.3) is 0 Å². The third-order valence-electron chi connectivity index (χ3n) is 12.3. The number of carbonyl (C=O) groups is 1. The smallest absolute Gasteiger partial charge is 0.249 e. The highest BCUT2D eigenvalue weighted by atomic mass is 16.7. The van der Waals surface area contributed by atoms with Crippen molar-refractivity contribution in [3.8, 4) is 0 Å². The zero-order chi connectivity index (χ0) is 44.1. The monoisotopic (exact) mass is 858 g/mol. The Bertz CT molecular complexity index is 986. The average molecular weight is 858 g/mol. The van der Waals surface area contributed by atoms with E-state index in [2.05, 4.69) is 31.3 Å². The number of carbonyl (C=O) groups excluding carboxylic acids is 1. The lowest BCUT2D eigenvalue weighted by Gasteiger charge is -2.40. The van der Waals surface area contributed by atoms with Crippen molar-refractivity contribution in [2.45, 2.75) is 281 Å². The van der Waals surface area contributed by atoms with E-state index >= 15 is 0 Å². The van der Waals surface area contributed by atoms with Crippen LogP contribution in [0.4, 0.5) is 0 Å². The second kappa shape index (κ2) is 39.4. The quantitative estimate of drug-likeness (QED) is 0.0218. The van der Waals surface area contributed by atoms with E-state index in [1.165, 1.54) is 135 Å². The van der Waals surface area contributed by atoms with Crippen LogP contribution in [0.2, 0.25) is 0 Å². The van der Waals surface area contributed by atoms with Crippen LogP contribution in [0.15, 0.2) is 12.2 Å². The second-order valence-corrected chi connectivity index (χ2v) is 17.9. The van der Waals surface area contributed by atoms with Gasteiger partial charge in [0.15, 0.2) is 6.29 Å². The molecule has 0 aliphatic carbocycles. The van der Waals surface area contributed by atoms with Crippen LogP contribution in [0, 0.1) is 0 Å². The third-order valence-corrected chi connectivity index (χ3v) is 12.3. The predicted molar refractivity (Wildman–Crippen MR) is 243 cm³/mol. The molecule has 11 nitrogen and oxygen atoms in total. The Labute approximate surface area is 366 Å². The topological polar surface area (TPSA) is 189 Å². The van der Waals surface area contributed by atoms with Crippen LogP contribution >= 0.6 is 0 Å². The number of rotatable bonds is 42. The normalized spacial score (nSPS) is 21.6. The van der Waals surface area contributed by atoms with Crippen LogP contribution in [-0.2, 0) is 14.3 Å². The van der Waals surface area contributed by atoms with Crippen LogP contribution in [-0.4, -0.2) is 110 Å². The lowest BCUT2D eigenvalue weighted by Crippen LogP contribution is -2.60. The number of allylic oxidation sites excluding steroid dienone is 2. The van der Waals surface area contributed by atoms with Crippen molar-refractivity contribution in [3.05, 3.63) is 12.2 Å². The molecule has 0 aromatic rings. The van der Waals surface area contributed by atoms with E-state index in [-0.39, 0.29) is 6.42 Å². The molecule has 0 bridgehead atoms. The summed E-state index contributed by atoms with van der Waals surface area (Å²) in [6, 6.07) is -1.17. The Kier molecular flexibility index (Phi) is 37.4. The Balaban J connectivity index is 2.41. The first-order valence-electron chi connectivity index (χ1n) is 25.1. The van der Waals surface area contributed by atoms with Gasteiger partial charge in [-0.25, -0.2) is 0 Å². The summed E-state index contributed by atoms with van der Waals surface area (Å²) in [4.78, 5) is 13.1. The minimum atomic E-state index is -1.66. The number of unbranched alkanes of at least 4 members (excludes halogenated alkanes) is 28. The van der Waals surface area contributed by atoms with Crippen molar-refractivity contribution in [1.29, 1.82) is 0 Å². The van der Waals surface area contributed by atoms with Gasteiger partial charge in [-0.05, 0) is 38.5 Å². The SMILES string of the molecule is CCCCCCCCCC/C=C\CCCCCCCCC(O)C(=O)NC(COC1OC(CO)C(O)C(O)C1O)C(O)C(O)CCCCCCCCCCCCCCCCC. The summed E-state index contributed by atoms with van der Waals surface area (Å²) in [5.41, 5.74) is 0. The number of nitrogens with one attached hydrogen (secondary N) is 1. The van der Waals surface area contributed by atoms with Gasteiger partial charge in [0, 0.05) is 0 Å². The van der Waals surface area contributed by atoms with Gasteiger partial charge in [0.1, 0.15) is 36.6 Å². The molecule has 8 N–H and O–H groups in total. The molecule has 0 aromatic heterocycles. The summed E-state index contributed by atoms with van der Waals surface area (Å²) in [6.07, 6.45) is 31.1. The van der Waals surface area contributed by atoms with E-state index in [1.807, 2.05) is 0 Å². The molecule has 356 valence electrons. The molecule has 0 saturated carbocycles. The molecule has 1 aliphatic heterocycles. The number of hydrogen-bond acceptors (Lipinski definition) is 10.